The molecule has 3 aromatic carbocycles. The molecule has 1 saturated heterocycles. The number of imidazole rings is 1. The molecule has 0 radical (unpaired) electrons. The van der Waals surface area contributed by atoms with Gasteiger partial charge in [0.05, 0.1) is 45.1 Å². The molecule has 1 unspecified atom stereocenters. The van der Waals surface area contributed by atoms with Crippen LogP contribution in [0.15, 0.2) is 66.7 Å². The Labute approximate surface area is 284 Å². The maximum atomic E-state index is 13.7. The van der Waals surface area contributed by atoms with Gasteiger partial charge in [-0.25, -0.2) is 4.98 Å². The number of ether oxygens (including phenoxy) is 4. The van der Waals surface area contributed by atoms with Crippen LogP contribution in [0.2, 0.25) is 0 Å². The van der Waals surface area contributed by atoms with Crippen molar-refractivity contribution < 1.29 is 23.7 Å². The fourth-order valence-electron chi connectivity index (χ4n) is 6.54. The van der Waals surface area contributed by atoms with Crippen LogP contribution in [0, 0.1) is 0 Å². The normalized spacial score (nSPS) is 14.6. The van der Waals surface area contributed by atoms with Gasteiger partial charge >= 0.3 is 0 Å². The average Bonchev–Trinajstić information content (AvgIpc) is 3.46. The number of benzene rings is 3. The molecule has 0 spiro atoms. The van der Waals surface area contributed by atoms with Crippen LogP contribution in [0.4, 0.5) is 5.95 Å². The van der Waals surface area contributed by atoms with Crippen LogP contribution >= 0.6 is 0 Å². The Kier molecular flexibility index (Phi) is 12.2. The zero-order valence-electron chi connectivity index (χ0n) is 29.3. The van der Waals surface area contributed by atoms with Gasteiger partial charge in [-0.15, -0.1) is 0 Å². The predicted octanol–water partition coefficient (Wildman–Crippen LogP) is 6.31. The average molecular weight is 658 g/mol. The van der Waals surface area contributed by atoms with Gasteiger partial charge in [-0.3, -0.25) is 4.79 Å². The molecule has 10 heteroatoms. The predicted molar refractivity (Wildman–Crippen MR) is 191 cm³/mol. The Morgan fingerprint density at radius 3 is 2.25 bits per heavy atom. The van der Waals surface area contributed by atoms with Crippen LogP contribution < -0.4 is 19.5 Å². The lowest BCUT2D eigenvalue weighted by Gasteiger charge is -2.34. The van der Waals surface area contributed by atoms with Crippen LogP contribution in [0.1, 0.15) is 54.9 Å². The number of nitrogens with one attached hydrogen (secondary N) is 1. The molecule has 1 atom stereocenters. The van der Waals surface area contributed by atoms with Gasteiger partial charge in [-0.1, -0.05) is 42.5 Å². The number of likely N-dealkylation sites (N-methyl/N-ethyl adjacent to an activating group) is 1. The van der Waals surface area contributed by atoms with Gasteiger partial charge < -0.3 is 38.6 Å². The van der Waals surface area contributed by atoms with Crippen molar-refractivity contribution in [1.82, 2.24) is 19.4 Å². The number of aromatic nitrogens is 2. The van der Waals surface area contributed by atoms with Crippen molar-refractivity contribution in [3.63, 3.8) is 0 Å². The molecule has 5 rings (SSSR count). The molecule has 1 aliphatic rings. The Morgan fingerprint density at radius 2 is 1.60 bits per heavy atom. The Hall–Kier alpha value is -4.28. The summed E-state index contributed by atoms with van der Waals surface area (Å²) in [6.07, 6.45) is 3.23. The number of methoxy groups -OCH3 is 3. The third-order valence-corrected chi connectivity index (χ3v) is 9.16. The van der Waals surface area contributed by atoms with E-state index < -0.39 is 0 Å². The first-order chi connectivity index (χ1) is 23.3. The van der Waals surface area contributed by atoms with Crippen LogP contribution in [-0.4, -0.2) is 98.6 Å². The summed E-state index contributed by atoms with van der Waals surface area (Å²) >= 11 is 0. The zero-order chi connectivity index (χ0) is 34.0. The zero-order valence-corrected chi connectivity index (χ0v) is 29.3. The number of rotatable bonds is 16. The van der Waals surface area contributed by atoms with Crippen LogP contribution in [0.5, 0.6) is 17.2 Å². The topological polar surface area (TPSA) is 90.3 Å². The van der Waals surface area contributed by atoms with Gasteiger partial charge in [0.25, 0.3) is 5.91 Å². The molecule has 4 aromatic rings. The minimum absolute atomic E-state index is 0.0936. The highest BCUT2D eigenvalue weighted by Crippen LogP contribution is 2.38. The van der Waals surface area contributed by atoms with Crippen molar-refractivity contribution in [1.29, 1.82) is 0 Å². The number of fused-ring (bicyclic) bond motifs is 1. The van der Waals surface area contributed by atoms with E-state index in [0.717, 1.165) is 62.4 Å². The molecule has 0 bridgehead atoms. The van der Waals surface area contributed by atoms with Crippen molar-refractivity contribution in [3.05, 3.63) is 77.9 Å². The van der Waals surface area contributed by atoms with Gasteiger partial charge in [0.2, 0.25) is 11.7 Å². The molecule has 48 heavy (non-hydrogen) atoms. The Bertz CT molecular complexity index is 1590. The van der Waals surface area contributed by atoms with E-state index in [-0.39, 0.29) is 17.9 Å². The summed E-state index contributed by atoms with van der Waals surface area (Å²) in [5, 5.41) is 3.77. The van der Waals surface area contributed by atoms with Gasteiger partial charge in [0, 0.05) is 50.7 Å². The molecule has 1 aromatic heterocycles. The van der Waals surface area contributed by atoms with E-state index in [2.05, 4.69) is 71.1 Å². The van der Waals surface area contributed by atoms with Crippen LogP contribution in [-0.2, 0) is 11.3 Å². The number of para-hydroxylation sites is 2. The highest BCUT2D eigenvalue weighted by molar-refractivity contribution is 5.95. The molecule has 1 fully saturated rings. The quantitative estimate of drug-likeness (QED) is 0.150. The van der Waals surface area contributed by atoms with Crippen LogP contribution in [0.3, 0.4) is 0 Å². The standard InChI is InChI=1S/C38H51N5O5/c1-27(2)48-23-22-43-33-15-11-10-14-32(33)40-38(43)39-31-17-20-42(21-18-31)19-16-29(28-12-8-7-9-13-28)26-41(3)37(44)30-24-34(45-4)36(47-6)35(25-30)46-5/h7-15,24-25,27,29,31H,16-23,26H2,1-6H3,(H,39,40). The second-order valence-corrected chi connectivity index (χ2v) is 12.8. The molecule has 10 nitrogen and oxygen atoms in total. The molecular weight excluding hydrogens is 606 g/mol. The van der Waals surface area contributed by atoms with E-state index in [1.807, 2.05) is 19.2 Å². The van der Waals surface area contributed by atoms with Crippen LogP contribution in [0.25, 0.3) is 11.0 Å². The van der Waals surface area contributed by atoms with Crippen molar-refractivity contribution in [2.45, 2.75) is 57.7 Å². The summed E-state index contributed by atoms with van der Waals surface area (Å²) in [4.78, 5) is 22.9. The van der Waals surface area contributed by atoms with Crippen molar-refractivity contribution in [3.8, 4) is 17.2 Å². The monoisotopic (exact) mass is 657 g/mol. The third kappa shape index (κ3) is 8.59. The second kappa shape index (κ2) is 16.7. The van der Waals surface area contributed by atoms with Crippen molar-refractivity contribution in [2.75, 3.05) is 66.5 Å². The van der Waals surface area contributed by atoms with Gasteiger partial charge in [0.1, 0.15) is 0 Å². The summed E-state index contributed by atoms with van der Waals surface area (Å²) in [5.41, 5.74) is 3.86. The smallest absolute Gasteiger partial charge is 0.253 e. The SMILES string of the molecule is COc1cc(C(=O)N(C)CC(CCN2CCC(Nc3nc4ccccc4n3CCOC(C)C)CC2)c2ccccc2)cc(OC)c1OC. The third-order valence-electron chi connectivity index (χ3n) is 9.16. The minimum Gasteiger partial charge on any atom is -0.493 e. The lowest BCUT2D eigenvalue weighted by atomic mass is 9.94. The number of hydrogen-bond acceptors (Lipinski definition) is 8. The molecule has 1 amide bonds. The highest BCUT2D eigenvalue weighted by atomic mass is 16.5. The van der Waals surface area contributed by atoms with E-state index in [1.165, 1.54) is 5.56 Å². The number of nitrogens with zero attached hydrogens (tertiary/aromatic N) is 4. The first-order valence-corrected chi connectivity index (χ1v) is 17.0. The summed E-state index contributed by atoms with van der Waals surface area (Å²) < 4.78 is 24.6. The number of piperidine rings is 1. The lowest BCUT2D eigenvalue weighted by molar-refractivity contribution is 0.0735. The van der Waals surface area contributed by atoms with Crippen molar-refractivity contribution >= 4 is 22.9 Å². The van der Waals surface area contributed by atoms with E-state index in [0.29, 0.717) is 42.0 Å². The van der Waals surface area contributed by atoms with Gasteiger partial charge in [-0.2, -0.15) is 0 Å². The van der Waals surface area contributed by atoms with E-state index in [9.17, 15) is 4.79 Å². The van der Waals surface area contributed by atoms with E-state index in [4.69, 9.17) is 23.9 Å². The fraction of sp³-hybridized carbons (Fsp3) is 0.474. The molecule has 258 valence electrons. The van der Waals surface area contributed by atoms with E-state index in [1.54, 1.807) is 38.4 Å². The molecule has 1 aliphatic heterocycles. The fourth-order valence-corrected chi connectivity index (χ4v) is 6.54. The maximum Gasteiger partial charge on any atom is 0.253 e. The van der Waals surface area contributed by atoms with Gasteiger partial charge in [0.15, 0.2) is 11.5 Å². The lowest BCUT2D eigenvalue weighted by Crippen LogP contribution is -2.40. The molecule has 0 saturated carbocycles. The van der Waals surface area contributed by atoms with Crippen molar-refractivity contribution in [2.24, 2.45) is 0 Å². The van der Waals surface area contributed by atoms with E-state index >= 15 is 0 Å². The largest absolute Gasteiger partial charge is 0.493 e. The Morgan fingerprint density at radius 1 is 0.938 bits per heavy atom. The number of carbonyl (C=O) groups is 1. The summed E-state index contributed by atoms with van der Waals surface area (Å²) in [6.45, 7) is 9.12. The highest BCUT2D eigenvalue weighted by Gasteiger charge is 2.25. The number of carbonyl (C=O) groups excluding carboxylic acids is 1. The molecule has 0 aliphatic carbocycles. The number of hydrogen-bond donors (Lipinski definition) is 1. The first-order valence-electron chi connectivity index (χ1n) is 17.0. The number of likely N-dealkylation sites (tertiary alicyclic amines) is 1. The Balaban J connectivity index is 1.20. The number of amides is 1. The van der Waals surface area contributed by atoms with Gasteiger partial charge in [-0.05, 0) is 69.5 Å². The molecule has 2 heterocycles. The summed E-state index contributed by atoms with van der Waals surface area (Å²) in [6, 6.07) is 22.6. The first kappa shape index (κ1) is 35.0. The molecule has 1 N–H and O–H groups in total. The second-order valence-electron chi connectivity index (χ2n) is 12.8. The number of anilines is 1. The molecular formula is C38H51N5O5. The maximum absolute atomic E-state index is 13.7. The minimum atomic E-state index is -0.0936. The summed E-state index contributed by atoms with van der Waals surface area (Å²) in [5.74, 6) is 2.41. The summed E-state index contributed by atoms with van der Waals surface area (Å²) in [7, 11) is 6.53.